The second kappa shape index (κ2) is 10.1. The third-order valence-electron chi connectivity index (χ3n) is 4.03. The maximum atomic E-state index is 11.9. The number of carbonyl (C=O) groups excluding carboxylic acids is 1. The second-order valence-electron chi connectivity index (χ2n) is 6.68. The van der Waals surface area contributed by atoms with Gasteiger partial charge in [-0.3, -0.25) is 19.1 Å². The maximum absolute atomic E-state index is 11.9. The van der Waals surface area contributed by atoms with Crippen LogP contribution in [0.2, 0.25) is 0 Å². The van der Waals surface area contributed by atoms with Crippen molar-refractivity contribution in [2.75, 3.05) is 19.8 Å². The summed E-state index contributed by atoms with van der Waals surface area (Å²) in [6, 6.07) is 1.27. The average Bonchev–Trinajstić information content (AvgIpc) is 2.97. The molecule has 0 radical (unpaired) electrons. The standard InChI is InChI=1S/C16H26N3O7P/c1-10(2)15(21)24-7-5-17-27(23)25-9-12-8-11(3)14(26-12)19-6-4-13(20)18-16(19)22/h4,6,10-12,14,17,23H,5,7-9H2,1-3H3,(H,18,20,22). The molecule has 2 heterocycles. The van der Waals surface area contributed by atoms with Gasteiger partial charge in [-0.05, 0) is 6.42 Å². The summed E-state index contributed by atoms with van der Waals surface area (Å²) in [7, 11) is -1.87. The van der Waals surface area contributed by atoms with E-state index in [-0.39, 0.29) is 43.7 Å². The van der Waals surface area contributed by atoms with Gasteiger partial charge in [-0.25, -0.2) is 9.88 Å². The third kappa shape index (κ3) is 6.51. The molecule has 3 N–H and O–H groups in total. The lowest BCUT2D eigenvalue weighted by molar-refractivity contribution is -0.147. The van der Waals surface area contributed by atoms with E-state index in [1.165, 1.54) is 16.8 Å². The molecular formula is C16H26N3O7P. The van der Waals surface area contributed by atoms with Crippen LogP contribution in [-0.2, 0) is 18.8 Å². The van der Waals surface area contributed by atoms with E-state index in [9.17, 15) is 19.3 Å². The highest BCUT2D eigenvalue weighted by Crippen LogP contribution is 2.35. The molecular weight excluding hydrogens is 377 g/mol. The van der Waals surface area contributed by atoms with Gasteiger partial charge in [0.25, 0.3) is 14.1 Å². The summed E-state index contributed by atoms with van der Waals surface area (Å²) < 4.78 is 17.5. The van der Waals surface area contributed by atoms with Gasteiger partial charge in [-0.2, -0.15) is 0 Å². The van der Waals surface area contributed by atoms with Gasteiger partial charge in [-0.15, -0.1) is 0 Å². The van der Waals surface area contributed by atoms with Gasteiger partial charge in [-0.1, -0.05) is 20.8 Å². The predicted molar refractivity (Wildman–Crippen MR) is 97.9 cm³/mol. The van der Waals surface area contributed by atoms with E-state index in [4.69, 9.17) is 14.0 Å². The highest BCUT2D eigenvalue weighted by atomic mass is 31.2. The Morgan fingerprint density at radius 3 is 2.93 bits per heavy atom. The Hall–Kier alpha value is -1.58. The van der Waals surface area contributed by atoms with Crippen LogP contribution in [0, 0.1) is 11.8 Å². The van der Waals surface area contributed by atoms with E-state index in [1.807, 2.05) is 6.92 Å². The quantitative estimate of drug-likeness (QED) is 0.308. The summed E-state index contributed by atoms with van der Waals surface area (Å²) in [6.45, 7) is 6.00. The molecule has 0 saturated carbocycles. The van der Waals surface area contributed by atoms with Crippen molar-refractivity contribution in [3.63, 3.8) is 0 Å². The molecule has 152 valence electrons. The molecule has 2 rings (SSSR count). The molecule has 0 bridgehead atoms. The molecule has 1 fully saturated rings. The number of aromatic nitrogens is 2. The summed E-state index contributed by atoms with van der Waals surface area (Å²) in [5.41, 5.74) is -0.985. The van der Waals surface area contributed by atoms with Crippen LogP contribution in [0.5, 0.6) is 0 Å². The van der Waals surface area contributed by atoms with E-state index in [0.717, 1.165) is 0 Å². The Kier molecular flexibility index (Phi) is 8.12. The molecule has 0 aromatic carbocycles. The van der Waals surface area contributed by atoms with E-state index in [1.54, 1.807) is 13.8 Å². The Bertz CT molecular complexity index is 735. The normalized spacial score (nSPS) is 23.5. The molecule has 11 heteroatoms. The van der Waals surface area contributed by atoms with Crippen LogP contribution in [0.3, 0.4) is 0 Å². The first-order valence-electron chi connectivity index (χ1n) is 8.77. The fraction of sp³-hybridized carbons (Fsp3) is 0.688. The lowest BCUT2D eigenvalue weighted by atomic mass is 10.1. The Morgan fingerprint density at radius 1 is 1.52 bits per heavy atom. The summed E-state index contributed by atoms with van der Waals surface area (Å²) in [6.07, 6.45) is 1.26. The molecule has 1 aliphatic rings. The molecule has 1 aromatic rings. The first-order valence-corrected chi connectivity index (χ1v) is 9.98. The molecule has 1 aromatic heterocycles. The second-order valence-corrected chi connectivity index (χ2v) is 7.80. The van der Waals surface area contributed by atoms with Gasteiger partial charge in [0.1, 0.15) is 12.8 Å². The lowest BCUT2D eigenvalue weighted by Gasteiger charge is -2.18. The number of carbonyl (C=O) groups is 1. The number of hydrogen-bond donors (Lipinski definition) is 3. The zero-order valence-electron chi connectivity index (χ0n) is 15.6. The monoisotopic (exact) mass is 403 g/mol. The zero-order valence-corrected chi connectivity index (χ0v) is 16.5. The summed E-state index contributed by atoms with van der Waals surface area (Å²) in [5, 5.41) is 2.74. The third-order valence-corrected chi connectivity index (χ3v) is 4.91. The van der Waals surface area contributed by atoms with Crippen molar-refractivity contribution in [1.82, 2.24) is 14.6 Å². The smallest absolute Gasteiger partial charge is 0.330 e. The van der Waals surface area contributed by atoms with Crippen molar-refractivity contribution in [2.45, 2.75) is 39.5 Å². The van der Waals surface area contributed by atoms with Crippen LogP contribution < -0.4 is 16.3 Å². The summed E-state index contributed by atoms with van der Waals surface area (Å²) in [4.78, 5) is 46.4. The minimum absolute atomic E-state index is 0.0375. The van der Waals surface area contributed by atoms with Gasteiger partial charge < -0.3 is 18.9 Å². The van der Waals surface area contributed by atoms with Crippen LogP contribution in [0.4, 0.5) is 0 Å². The molecule has 10 nitrogen and oxygen atoms in total. The Balaban J connectivity index is 1.73. The van der Waals surface area contributed by atoms with Gasteiger partial charge in [0.05, 0.1) is 18.6 Å². The largest absolute Gasteiger partial charge is 0.464 e. The number of rotatable bonds is 9. The Labute approximate surface area is 157 Å². The van der Waals surface area contributed by atoms with Crippen molar-refractivity contribution >= 4 is 14.5 Å². The Morgan fingerprint density at radius 2 is 2.26 bits per heavy atom. The van der Waals surface area contributed by atoms with E-state index >= 15 is 0 Å². The van der Waals surface area contributed by atoms with Gasteiger partial charge in [0.15, 0.2) is 0 Å². The van der Waals surface area contributed by atoms with E-state index < -0.39 is 26.0 Å². The predicted octanol–water partition coefficient (Wildman–Crippen LogP) is 0.485. The molecule has 0 aliphatic carbocycles. The van der Waals surface area contributed by atoms with Gasteiger partial charge in [0.2, 0.25) is 0 Å². The van der Waals surface area contributed by atoms with Crippen molar-refractivity contribution in [3.8, 4) is 0 Å². The topological polar surface area (TPSA) is 132 Å². The van der Waals surface area contributed by atoms with Gasteiger partial charge >= 0.3 is 11.7 Å². The molecule has 4 atom stereocenters. The average molecular weight is 403 g/mol. The van der Waals surface area contributed by atoms with Crippen LogP contribution in [0.15, 0.2) is 21.9 Å². The first kappa shape index (κ1) is 21.7. The molecule has 27 heavy (non-hydrogen) atoms. The van der Waals surface area contributed by atoms with Crippen molar-refractivity contribution in [1.29, 1.82) is 0 Å². The minimum atomic E-state index is -1.87. The molecule has 0 amide bonds. The molecule has 1 aliphatic heterocycles. The summed E-state index contributed by atoms with van der Waals surface area (Å²) in [5.74, 6) is -0.450. The minimum Gasteiger partial charge on any atom is -0.464 e. The fourth-order valence-corrected chi connectivity index (χ4v) is 3.33. The highest BCUT2D eigenvalue weighted by Gasteiger charge is 2.34. The molecule has 4 unspecified atom stereocenters. The number of H-pyrrole nitrogens is 1. The SMILES string of the molecule is CC(C)C(=O)OCCNP(O)OCC1CC(C)C(n2ccc(=O)[nH]c2=O)O1. The molecule has 0 spiro atoms. The maximum Gasteiger partial charge on any atom is 0.330 e. The number of ether oxygens (including phenoxy) is 2. The zero-order chi connectivity index (χ0) is 20.0. The van der Waals surface area contributed by atoms with Crippen LogP contribution in [0.1, 0.15) is 33.4 Å². The van der Waals surface area contributed by atoms with Gasteiger partial charge in [0, 0.05) is 24.7 Å². The summed E-state index contributed by atoms with van der Waals surface area (Å²) >= 11 is 0. The van der Waals surface area contributed by atoms with Crippen LogP contribution in [0.25, 0.3) is 0 Å². The number of aromatic amines is 1. The van der Waals surface area contributed by atoms with Crippen LogP contribution >= 0.6 is 8.53 Å². The van der Waals surface area contributed by atoms with E-state index in [2.05, 4.69) is 10.1 Å². The number of esters is 1. The molecule has 1 saturated heterocycles. The van der Waals surface area contributed by atoms with E-state index in [0.29, 0.717) is 6.42 Å². The van der Waals surface area contributed by atoms with Crippen molar-refractivity contribution < 1.29 is 23.7 Å². The number of hydrogen-bond acceptors (Lipinski definition) is 8. The number of nitrogens with one attached hydrogen (secondary N) is 2. The van der Waals surface area contributed by atoms with Crippen molar-refractivity contribution in [2.24, 2.45) is 11.8 Å². The number of nitrogens with zero attached hydrogens (tertiary/aromatic N) is 1. The first-order chi connectivity index (χ1) is 12.8. The fourth-order valence-electron chi connectivity index (χ4n) is 2.65. The van der Waals surface area contributed by atoms with Crippen LogP contribution in [-0.4, -0.2) is 46.3 Å². The van der Waals surface area contributed by atoms with Crippen molar-refractivity contribution in [3.05, 3.63) is 33.1 Å². The lowest BCUT2D eigenvalue weighted by Crippen LogP contribution is -2.33. The highest BCUT2D eigenvalue weighted by molar-refractivity contribution is 7.43.